The molecule has 5 heteroatoms. The number of nitrogens with zero attached hydrogens (tertiary/aromatic N) is 4. The second kappa shape index (κ2) is 11.1. The summed E-state index contributed by atoms with van der Waals surface area (Å²) in [5.41, 5.74) is 4.60. The van der Waals surface area contributed by atoms with E-state index in [0.29, 0.717) is 17.2 Å². The molecule has 5 nitrogen and oxygen atoms in total. The van der Waals surface area contributed by atoms with Gasteiger partial charge in [-0.2, -0.15) is 0 Å². The van der Waals surface area contributed by atoms with Crippen LogP contribution in [0.25, 0.3) is 33.3 Å². The molecule has 6 aromatic rings. The Kier molecular flexibility index (Phi) is 5.38. The van der Waals surface area contributed by atoms with Gasteiger partial charge >= 0.3 is 0 Å². The molecule has 8 rings (SSSR count). The lowest BCUT2D eigenvalue weighted by Crippen LogP contribution is -2.37. The molecule has 0 aliphatic carbocycles. The molecular weight excluding hydrogens is 576 g/mol. The number of fused-ring (bicyclic) bond motifs is 4. The lowest BCUT2D eigenvalue weighted by atomic mass is 9.88. The Morgan fingerprint density at radius 3 is 2.38 bits per heavy atom. The third kappa shape index (κ3) is 4.99. The SMILES string of the molecule is [2H]C([2H])([2H])c1cccc(C([2H])([2H])[2H])c1N1C(c2cccc(Oc3ccc4c5ccccc5n(-c5cc(C(C)(C)C)ccn5)c4c3)c2)=CN2C=CC=CC21. The van der Waals surface area contributed by atoms with Crippen LogP contribution in [0.2, 0.25) is 0 Å². The highest BCUT2D eigenvalue weighted by Crippen LogP contribution is 2.42. The fourth-order valence-corrected chi connectivity index (χ4v) is 6.58. The number of aromatic nitrogens is 2. The van der Waals surface area contributed by atoms with E-state index in [1.54, 1.807) is 0 Å². The quantitative estimate of drug-likeness (QED) is 0.192. The van der Waals surface area contributed by atoms with E-state index in [9.17, 15) is 0 Å². The third-order valence-corrected chi connectivity index (χ3v) is 8.88. The Morgan fingerprint density at radius 1 is 0.766 bits per heavy atom. The number of hydrogen-bond acceptors (Lipinski definition) is 4. The number of anilines is 1. The van der Waals surface area contributed by atoms with Gasteiger partial charge in [0.15, 0.2) is 0 Å². The molecule has 2 aliphatic rings. The summed E-state index contributed by atoms with van der Waals surface area (Å²) in [5.74, 6) is 2.02. The van der Waals surface area contributed by atoms with Crippen molar-refractivity contribution in [2.75, 3.05) is 4.90 Å². The molecule has 0 saturated heterocycles. The van der Waals surface area contributed by atoms with E-state index in [0.717, 1.165) is 33.2 Å². The zero-order chi connectivity index (χ0) is 37.3. The van der Waals surface area contributed by atoms with Gasteiger partial charge in [0.2, 0.25) is 0 Å². The smallest absolute Gasteiger partial charge is 0.137 e. The van der Waals surface area contributed by atoms with Gasteiger partial charge in [-0.05, 0) is 90.4 Å². The second-order valence-corrected chi connectivity index (χ2v) is 13.0. The van der Waals surface area contributed by atoms with E-state index >= 15 is 0 Å². The summed E-state index contributed by atoms with van der Waals surface area (Å²) in [4.78, 5) is 8.55. The second-order valence-electron chi connectivity index (χ2n) is 13.0. The minimum Gasteiger partial charge on any atom is -0.457 e. The summed E-state index contributed by atoms with van der Waals surface area (Å²) in [6, 6.07) is 30.6. The van der Waals surface area contributed by atoms with Gasteiger partial charge in [-0.3, -0.25) is 4.57 Å². The maximum atomic E-state index is 8.37. The Morgan fingerprint density at radius 2 is 1.55 bits per heavy atom. The van der Waals surface area contributed by atoms with Crippen LogP contribution in [0.4, 0.5) is 5.69 Å². The standard InChI is InChI=1S/C42H38N4O/c1-28-12-10-13-29(2)41(28)46-38(27-44-23-9-8-18-40(44)46)30-14-11-15-32(24-30)47-33-19-20-35-34-16-6-7-17-36(34)45(37(35)26-33)39-25-31(21-22-43-39)42(3,4)5/h6-27,40H,1-5H3/i1D3,2D3. The fraction of sp³-hybridized carbons (Fsp3) is 0.167. The maximum Gasteiger partial charge on any atom is 0.137 e. The van der Waals surface area contributed by atoms with Crippen molar-refractivity contribution < 1.29 is 13.0 Å². The van der Waals surface area contributed by atoms with Crippen molar-refractivity contribution in [3.8, 4) is 17.3 Å². The molecule has 0 bridgehead atoms. The van der Waals surface area contributed by atoms with E-state index in [4.69, 9.17) is 17.9 Å². The number of aryl methyl sites for hydroxylation is 2. The van der Waals surface area contributed by atoms with Crippen molar-refractivity contribution in [1.82, 2.24) is 14.5 Å². The molecule has 1 unspecified atom stereocenters. The van der Waals surface area contributed by atoms with Crippen LogP contribution in [0.1, 0.15) is 51.2 Å². The molecule has 47 heavy (non-hydrogen) atoms. The van der Waals surface area contributed by atoms with Crippen molar-refractivity contribution in [2.45, 2.75) is 46.1 Å². The van der Waals surface area contributed by atoms with Gasteiger partial charge in [-0.25, -0.2) is 4.98 Å². The minimum absolute atomic E-state index is 0.0274. The van der Waals surface area contributed by atoms with E-state index in [1.165, 1.54) is 23.8 Å². The third-order valence-electron chi connectivity index (χ3n) is 8.88. The van der Waals surface area contributed by atoms with Crippen LogP contribution in [-0.2, 0) is 5.41 Å². The minimum atomic E-state index is -2.56. The zero-order valence-corrected chi connectivity index (χ0v) is 26.5. The molecule has 0 N–H and O–H groups in total. The van der Waals surface area contributed by atoms with Gasteiger partial charge in [0.05, 0.1) is 16.7 Å². The lowest BCUT2D eigenvalue weighted by molar-refractivity contribution is 0.455. The van der Waals surface area contributed by atoms with Gasteiger partial charge < -0.3 is 14.5 Å². The maximum absolute atomic E-state index is 8.37. The number of benzene rings is 4. The topological polar surface area (TPSA) is 33.5 Å². The summed E-state index contributed by atoms with van der Waals surface area (Å²) < 4.78 is 59.0. The number of allylic oxidation sites excluding steroid dienone is 2. The van der Waals surface area contributed by atoms with Crippen molar-refractivity contribution >= 4 is 33.2 Å². The fourth-order valence-electron chi connectivity index (χ4n) is 6.58. The van der Waals surface area contributed by atoms with Gasteiger partial charge in [0.1, 0.15) is 23.5 Å². The Balaban J connectivity index is 1.22. The van der Waals surface area contributed by atoms with Crippen molar-refractivity contribution in [3.05, 3.63) is 156 Å². The highest BCUT2D eigenvalue weighted by molar-refractivity contribution is 6.09. The molecule has 1 atom stereocenters. The number of hydrogen-bond donors (Lipinski definition) is 0. The van der Waals surface area contributed by atoms with E-state index < -0.39 is 19.9 Å². The normalized spacial score (nSPS) is 18.3. The number of rotatable bonds is 5. The van der Waals surface area contributed by atoms with Crippen LogP contribution in [0.3, 0.4) is 0 Å². The van der Waals surface area contributed by atoms with E-state index in [2.05, 4.69) is 55.7 Å². The molecule has 2 aliphatic heterocycles. The van der Waals surface area contributed by atoms with Crippen LogP contribution in [0, 0.1) is 13.7 Å². The molecule has 0 spiro atoms. The first-order valence-corrected chi connectivity index (χ1v) is 15.7. The van der Waals surface area contributed by atoms with Gasteiger partial charge in [-0.1, -0.05) is 75.4 Å². The Hall–Kier alpha value is -5.55. The molecule has 232 valence electrons. The predicted octanol–water partition coefficient (Wildman–Crippen LogP) is 10.4. The van der Waals surface area contributed by atoms with Crippen LogP contribution >= 0.6 is 0 Å². The first-order valence-electron chi connectivity index (χ1n) is 18.7. The van der Waals surface area contributed by atoms with Gasteiger partial charge in [-0.15, -0.1) is 0 Å². The van der Waals surface area contributed by atoms with Crippen LogP contribution in [0.15, 0.2) is 134 Å². The van der Waals surface area contributed by atoms with Crippen molar-refractivity contribution in [2.24, 2.45) is 0 Å². The Bertz CT molecular complexity index is 2450. The van der Waals surface area contributed by atoms with Crippen LogP contribution in [-0.4, -0.2) is 20.6 Å². The zero-order valence-electron chi connectivity index (χ0n) is 32.5. The summed E-state index contributed by atoms with van der Waals surface area (Å²) in [6.07, 6.45) is 10.9. The number of para-hydroxylation sites is 2. The predicted molar refractivity (Wildman–Crippen MR) is 194 cm³/mol. The Labute approximate surface area is 284 Å². The summed E-state index contributed by atoms with van der Waals surface area (Å²) >= 11 is 0. The van der Waals surface area contributed by atoms with Gasteiger partial charge in [0.25, 0.3) is 0 Å². The largest absolute Gasteiger partial charge is 0.457 e. The summed E-state index contributed by atoms with van der Waals surface area (Å²) in [7, 11) is 0. The average molecular weight is 621 g/mol. The molecule has 2 aromatic heterocycles. The lowest BCUT2D eigenvalue weighted by Gasteiger charge is -2.34. The highest BCUT2D eigenvalue weighted by atomic mass is 16.5. The first-order chi connectivity index (χ1) is 25.2. The monoisotopic (exact) mass is 620 g/mol. The van der Waals surface area contributed by atoms with E-state index in [-0.39, 0.29) is 22.2 Å². The molecule has 4 heterocycles. The summed E-state index contributed by atoms with van der Waals surface area (Å²) in [5, 5.41) is 2.19. The number of pyridine rings is 1. The molecule has 0 radical (unpaired) electrons. The first kappa shape index (κ1) is 22.9. The molecule has 0 amide bonds. The molecule has 0 saturated carbocycles. The van der Waals surface area contributed by atoms with Crippen LogP contribution in [0.5, 0.6) is 11.5 Å². The number of ether oxygens (including phenoxy) is 1. The van der Waals surface area contributed by atoms with Crippen LogP contribution < -0.4 is 9.64 Å². The van der Waals surface area contributed by atoms with Crippen molar-refractivity contribution in [3.63, 3.8) is 0 Å². The molecular formula is C42H38N4O. The van der Waals surface area contributed by atoms with Gasteiger partial charge in [0, 0.05) is 54.9 Å². The molecule has 0 fully saturated rings. The highest BCUT2D eigenvalue weighted by Gasteiger charge is 2.34. The van der Waals surface area contributed by atoms with Crippen molar-refractivity contribution in [1.29, 1.82) is 0 Å². The average Bonchev–Trinajstić information content (AvgIpc) is 3.66. The molecule has 4 aromatic carbocycles. The van der Waals surface area contributed by atoms with E-state index in [1.807, 2.05) is 95.2 Å². The summed E-state index contributed by atoms with van der Waals surface area (Å²) in [6.45, 7) is 1.46.